The summed E-state index contributed by atoms with van der Waals surface area (Å²) in [6.07, 6.45) is 1.27. The monoisotopic (exact) mass is 225 g/mol. The van der Waals surface area contributed by atoms with Crippen molar-refractivity contribution in [1.29, 1.82) is 0 Å². The molecule has 0 saturated carbocycles. The predicted octanol–water partition coefficient (Wildman–Crippen LogP) is 2.64. The van der Waals surface area contributed by atoms with E-state index in [2.05, 4.69) is 11.4 Å². The zero-order chi connectivity index (χ0) is 10.7. The lowest BCUT2D eigenvalue weighted by atomic mass is 9.95. The lowest BCUT2D eigenvalue weighted by molar-refractivity contribution is 0.0910. The van der Waals surface area contributed by atoms with E-state index in [0.29, 0.717) is 5.92 Å². The second kappa shape index (κ2) is 4.97. The van der Waals surface area contributed by atoms with E-state index in [9.17, 15) is 0 Å². The lowest BCUT2D eigenvalue weighted by Crippen LogP contribution is -2.21. The molecular formula is C12H16ClNO. The molecule has 1 aliphatic rings. The molecule has 0 bridgehead atoms. The summed E-state index contributed by atoms with van der Waals surface area (Å²) in [6, 6.07) is 7.95. The minimum absolute atomic E-state index is 0.158. The minimum atomic E-state index is 0.158. The molecule has 15 heavy (non-hydrogen) atoms. The van der Waals surface area contributed by atoms with Crippen molar-refractivity contribution in [3.63, 3.8) is 0 Å². The first-order chi connectivity index (χ1) is 7.33. The van der Waals surface area contributed by atoms with Gasteiger partial charge in [-0.1, -0.05) is 29.8 Å². The summed E-state index contributed by atoms with van der Waals surface area (Å²) >= 11 is 6.17. The highest BCUT2D eigenvalue weighted by Gasteiger charge is 2.30. The Hall–Kier alpha value is -0.570. The molecule has 2 rings (SSSR count). The highest BCUT2D eigenvalue weighted by molar-refractivity contribution is 6.31. The van der Waals surface area contributed by atoms with Crippen molar-refractivity contribution >= 4 is 11.6 Å². The third kappa shape index (κ3) is 2.33. The zero-order valence-electron chi connectivity index (χ0n) is 8.87. The Morgan fingerprint density at radius 2 is 2.27 bits per heavy atom. The van der Waals surface area contributed by atoms with Crippen molar-refractivity contribution in [1.82, 2.24) is 5.32 Å². The van der Waals surface area contributed by atoms with E-state index in [1.54, 1.807) is 0 Å². The fraction of sp³-hybridized carbons (Fsp3) is 0.500. The first-order valence-corrected chi connectivity index (χ1v) is 5.71. The highest BCUT2D eigenvalue weighted by Crippen LogP contribution is 2.37. The van der Waals surface area contributed by atoms with Crippen LogP contribution in [0.25, 0.3) is 0 Å². The summed E-state index contributed by atoms with van der Waals surface area (Å²) in [5.41, 5.74) is 1.12. The topological polar surface area (TPSA) is 21.3 Å². The number of hydrogen-bond acceptors (Lipinski definition) is 2. The maximum atomic E-state index is 6.17. The predicted molar refractivity (Wildman–Crippen MR) is 62.2 cm³/mol. The first kappa shape index (κ1) is 10.9. The fourth-order valence-corrected chi connectivity index (χ4v) is 2.40. The van der Waals surface area contributed by atoms with Crippen LogP contribution in [0, 0.1) is 5.92 Å². The summed E-state index contributed by atoms with van der Waals surface area (Å²) in [5, 5.41) is 4.02. The molecule has 1 N–H and O–H groups in total. The largest absolute Gasteiger partial charge is 0.373 e. The molecule has 0 aliphatic carbocycles. The Balaban J connectivity index is 2.19. The highest BCUT2D eigenvalue weighted by atomic mass is 35.5. The Kier molecular flexibility index (Phi) is 3.62. The standard InChI is InChI=1S/C12H16ClNO/c1-14-8-9-6-7-15-12(9)10-4-2-3-5-11(10)13/h2-5,9,12,14H,6-8H2,1H3. The Morgan fingerprint density at radius 1 is 1.47 bits per heavy atom. The van der Waals surface area contributed by atoms with Crippen LogP contribution in [0.4, 0.5) is 0 Å². The number of halogens is 1. The summed E-state index contributed by atoms with van der Waals surface area (Å²) in [5.74, 6) is 0.537. The normalized spacial score (nSPS) is 25.7. The third-order valence-corrected chi connectivity index (χ3v) is 3.24. The van der Waals surface area contributed by atoms with Gasteiger partial charge in [-0.15, -0.1) is 0 Å². The van der Waals surface area contributed by atoms with Crippen LogP contribution < -0.4 is 5.32 Å². The molecule has 1 aromatic carbocycles. The summed E-state index contributed by atoms with van der Waals surface area (Å²) in [6.45, 7) is 1.82. The minimum Gasteiger partial charge on any atom is -0.373 e. The number of nitrogens with one attached hydrogen (secondary N) is 1. The second-order valence-corrected chi connectivity index (χ2v) is 4.33. The number of hydrogen-bond donors (Lipinski definition) is 1. The van der Waals surface area contributed by atoms with Crippen LogP contribution in [0.1, 0.15) is 18.1 Å². The van der Waals surface area contributed by atoms with Gasteiger partial charge in [0.25, 0.3) is 0 Å². The molecule has 0 spiro atoms. The average molecular weight is 226 g/mol. The quantitative estimate of drug-likeness (QED) is 0.854. The summed E-state index contributed by atoms with van der Waals surface area (Å²) < 4.78 is 5.76. The van der Waals surface area contributed by atoms with Gasteiger partial charge in [-0.3, -0.25) is 0 Å². The van der Waals surface area contributed by atoms with E-state index >= 15 is 0 Å². The SMILES string of the molecule is CNCC1CCOC1c1ccccc1Cl. The van der Waals surface area contributed by atoms with Crippen LogP contribution in [0.2, 0.25) is 5.02 Å². The van der Waals surface area contributed by atoms with Gasteiger partial charge in [0.15, 0.2) is 0 Å². The van der Waals surface area contributed by atoms with Crippen LogP contribution in [0.15, 0.2) is 24.3 Å². The van der Waals surface area contributed by atoms with Gasteiger partial charge < -0.3 is 10.1 Å². The molecular weight excluding hydrogens is 210 g/mol. The maximum absolute atomic E-state index is 6.17. The molecule has 1 aromatic rings. The number of rotatable bonds is 3. The van der Waals surface area contributed by atoms with Gasteiger partial charge >= 0.3 is 0 Å². The number of benzene rings is 1. The molecule has 2 unspecified atom stereocenters. The Labute approximate surface area is 95.6 Å². The molecule has 82 valence electrons. The van der Waals surface area contributed by atoms with E-state index < -0.39 is 0 Å². The van der Waals surface area contributed by atoms with E-state index in [0.717, 1.165) is 30.2 Å². The van der Waals surface area contributed by atoms with Crippen LogP contribution in [-0.4, -0.2) is 20.2 Å². The number of ether oxygens (including phenoxy) is 1. The molecule has 3 heteroatoms. The van der Waals surface area contributed by atoms with Crippen LogP contribution in [-0.2, 0) is 4.74 Å². The van der Waals surface area contributed by atoms with Gasteiger partial charge in [-0.25, -0.2) is 0 Å². The molecule has 2 nitrogen and oxygen atoms in total. The Bertz CT molecular complexity index is 329. The summed E-state index contributed by atoms with van der Waals surface area (Å²) in [7, 11) is 1.97. The van der Waals surface area contributed by atoms with Crippen molar-refractivity contribution in [3.8, 4) is 0 Å². The van der Waals surface area contributed by atoms with Crippen molar-refractivity contribution in [3.05, 3.63) is 34.9 Å². The summed E-state index contributed by atoms with van der Waals surface area (Å²) in [4.78, 5) is 0. The van der Waals surface area contributed by atoms with Crippen LogP contribution >= 0.6 is 11.6 Å². The van der Waals surface area contributed by atoms with Gasteiger partial charge in [0.05, 0.1) is 6.10 Å². The van der Waals surface area contributed by atoms with Crippen molar-refractivity contribution < 1.29 is 4.74 Å². The van der Waals surface area contributed by atoms with Crippen LogP contribution in [0.5, 0.6) is 0 Å². The van der Waals surface area contributed by atoms with Gasteiger partial charge in [0.1, 0.15) is 0 Å². The molecule has 1 aliphatic heterocycles. The van der Waals surface area contributed by atoms with Crippen molar-refractivity contribution in [2.24, 2.45) is 5.92 Å². The second-order valence-electron chi connectivity index (χ2n) is 3.92. The smallest absolute Gasteiger partial charge is 0.0880 e. The van der Waals surface area contributed by atoms with E-state index in [1.807, 2.05) is 25.2 Å². The maximum Gasteiger partial charge on any atom is 0.0880 e. The molecule has 0 radical (unpaired) electrons. The molecule has 1 saturated heterocycles. The molecule has 2 atom stereocenters. The molecule has 1 heterocycles. The van der Waals surface area contributed by atoms with Gasteiger partial charge in [-0.05, 0) is 25.1 Å². The molecule has 0 amide bonds. The van der Waals surface area contributed by atoms with Crippen molar-refractivity contribution in [2.75, 3.05) is 20.2 Å². The lowest BCUT2D eigenvalue weighted by Gasteiger charge is -2.19. The van der Waals surface area contributed by atoms with E-state index in [4.69, 9.17) is 16.3 Å². The Morgan fingerprint density at radius 3 is 3.00 bits per heavy atom. The molecule has 0 aromatic heterocycles. The van der Waals surface area contributed by atoms with Gasteiger partial charge in [0, 0.05) is 24.1 Å². The van der Waals surface area contributed by atoms with E-state index in [1.165, 1.54) is 0 Å². The fourth-order valence-electron chi connectivity index (χ4n) is 2.15. The van der Waals surface area contributed by atoms with Crippen LogP contribution in [0.3, 0.4) is 0 Å². The van der Waals surface area contributed by atoms with Gasteiger partial charge in [-0.2, -0.15) is 0 Å². The average Bonchev–Trinajstić information content (AvgIpc) is 2.67. The third-order valence-electron chi connectivity index (χ3n) is 2.89. The first-order valence-electron chi connectivity index (χ1n) is 5.33. The van der Waals surface area contributed by atoms with E-state index in [-0.39, 0.29) is 6.10 Å². The molecule has 1 fully saturated rings. The van der Waals surface area contributed by atoms with Crippen molar-refractivity contribution in [2.45, 2.75) is 12.5 Å². The zero-order valence-corrected chi connectivity index (χ0v) is 9.63. The van der Waals surface area contributed by atoms with Gasteiger partial charge in [0.2, 0.25) is 0 Å².